The number of nitrogens with one attached hydrogen (secondary N) is 1. The quantitative estimate of drug-likeness (QED) is 0.483. The van der Waals surface area contributed by atoms with E-state index >= 15 is 0 Å². The van der Waals surface area contributed by atoms with Crippen molar-refractivity contribution in [2.75, 3.05) is 7.11 Å². The Kier molecular flexibility index (Phi) is 5.26. The zero-order valence-electron chi connectivity index (χ0n) is 15.9. The predicted molar refractivity (Wildman–Crippen MR) is 111 cm³/mol. The van der Waals surface area contributed by atoms with Crippen LogP contribution in [-0.4, -0.2) is 27.0 Å². The third kappa shape index (κ3) is 3.99. The van der Waals surface area contributed by atoms with Gasteiger partial charge in [0.05, 0.1) is 7.11 Å². The van der Waals surface area contributed by atoms with E-state index in [4.69, 9.17) is 16.3 Å². The van der Waals surface area contributed by atoms with Crippen molar-refractivity contribution >= 4 is 22.6 Å². The van der Waals surface area contributed by atoms with Crippen LogP contribution in [0, 0.1) is 6.92 Å². The van der Waals surface area contributed by atoms with Crippen molar-refractivity contribution in [2.45, 2.75) is 26.2 Å². The third-order valence-corrected chi connectivity index (χ3v) is 5.12. The van der Waals surface area contributed by atoms with Crippen molar-refractivity contribution < 1.29 is 4.74 Å². The molecule has 0 spiro atoms. The molecule has 0 unspecified atom stereocenters. The summed E-state index contributed by atoms with van der Waals surface area (Å²) in [4.78, 5) is 16.5. The minimum Gasteiger partial charge on any atom is -0.481 e. The van der Waals surface area contributed by atoms with E-state index < -0.39 is 0 Å². The number of aromatic nitrogens is 4. The van der Waals surface area contributed by atoms with E-state index in [1.165, 1.54) is 5.56 Å². The minimum absolute atomic E-state index is 0.556. The van der Waals surface area contributed by atoms with Crippen LogP contribution < -0.4 is 4.74 Å². The molecular weight excluding hydrogens is 372 g/mol. The summed E-state index contributed by atoms with van der Waals surface area (Å²) < 4.78 is 5.09. The number of aryl methyl sites for hydroxylation is 3. The summed E-state index contributed by atoms with van der Waals surface area (Å²) in [5, 5.41) is 1.69. The maximum atomic E-state index is 6.48. The lowest BCUT2D eigenvalue weighted by atomic mass is 10.0. The van der Waals surface area contributed by atoms with Crippen LogP contribution in [0.1, 0.15) is 27.9 Å². The van der Waals surface area contributed by atoms with Gasteiger partial charge >= 0.3 is 0 Å². The Morgan fingerprint density at radius 2 is 1.93 bits per heavy atom. The van der Waals surface area contributed by atoms with Crippen LogP contribution >= 0.6 is 11.6 Å². The second-order valence-corrected chi connectivity index (χ2v) is 7.22. The molecule has 0 aliphatic heterocycles. The molecule has 0 atom stereocenters. The Morgan fingerprint density at radius 3 is 2.68 bits per heavy atom. The zero-order valence-corrected chi connectivity index (χ0v) is 16.6. The summed E-state index contributed by atoms with van der Waals surface area (Å²) in [6, 6.07) is 10.2. The first kappa shape index (κ1) is 18.4. The molecule has 0 fully saturated rings. The van der Waals surface area contributed by atoms with Crippen LogP contribution in [0.3, 0.4) is 0 Å². The van der Waals surface area contributed by atoms with Gasteiger partial charge < -0.3 is 9.72 Å². The lowest BCUT2D eigenvalue weighted by Gasteiger charge is -2.07. The Hall–Kier alpha value is -2.92. The number of halogens is 1. The molecular formula is C22H21ClN4O. The monoisotopic (exact) mass is 392 g/mol. The lowest BCUT2D eigenvalue weighted by Crippen LogP contribution is -1.99. The SMILES string of the molecule is COc1ccc(CCc2ccc(Cc3c[nH]c4ncc(C)cc34)c(Cl)n2)cn1. The van der Waals surface area contributed by atoms with E-state index in [9.17, 15) is 0 Å². The Balaban J connectivity index is 1.47. The van der Waals surface area contributed by atoms with Crippen LogP contribution in [0.4, 0.5) is 0 Å². The highest BCUT2D eigenvalue weighted by atomic mass is 35.5. The number of hydrogen-bond donors (Lipinski definition) is 1. The maximum Gasteiger partial charge on any atom is 0.212 e. The van der Waals surface area contributed by atoms with Crippen LogP contribution in [0.15, 0.2) is 48.9 Å². The van der Waals surface area contributed by atoms with Gasteiger partial charge in [0, 0.05) is 42.2 Å². The summed E-state index contributed by atoms with van der Waals surface area (Å²) in [5.41, 5.74) is 6.34. The lowest BCUT2D eigenvalue weighted by molar-refractivity contribution is 0.397. The van der Waals surface area contributed by atoms with Gasteiger partial charge in [-0.1, -0.05) is 23.7 Å². The van der Waals surface area contributed by atoms with E-state index in [2.05, 4.69) is 38.1 Å². The maximum absolute atomic E-state index is 6.48. The molecule has 0 aromatic carbocycles. The molecule has 4 heterocycles. The molecule has 6 heteroatoms. The molecule has 4 aromatic heterocycles. The molecule has 0 saturated carbocycles. The molecule has 4 rings (SSSR count). The van der Waals surface area contributed by atoms with Gasteiger partial charge in [-0.25, -0.2) is 15.0 Å². The van der Waals surface area contributed by atoms with Crippen LogP contribution in [0.5, 0.6) is 5.88 Å². The zero-order chi connectivity index (χ0) is 19.5. The first-order chi connectivity index (χ1) is 13.6. The topological polar surface area (TPSA) is 63.7 Å². The molecule has 0 bridgehead atoms. The number of nitrogens with zero attached hydrogens (tertiary/aromatic N) is 3. The van der Waals surface area contributed by atoms with Crippen LogP contribution in [0.2, 0.25) is 5.15 Å². The predicted octanol–water partition coefficient (Wildman–Crippen LogP) is 4.70. The summed E-state index contributed by atoms with van der Waals surface area (Å²) in [6.07, 6.45) is 8.08. The summed E-state index contributed by atoms with van der Waals surface area (Å²) in [7, 11) is 1.61. The molecule has 1 N–H and O–H groups in total. The number of hydrogen-bond acceptors (Lipinski definition) is 4. The van der Waals surface area contributed by atoms with E-state index in [1.807, 2.05) is 37.6 Å². The molecule has 0 amide bonds. The fraction of sp³-hybridized carbons (Fsp3) is 0.227. The smallest absolute Gasteiger partial charge is 0.212 e. The molecule has 0 saturated heterocycles. The van der Waals surface area contributed by atoms with E-state index in [0.29, 0.717) is 11.0 Å². The third-order valence-electron chi connectivity index (χ3n) is 4.79. The minimum atomic E-state index is 0.556. The molecule has 0 aliphatic carbocycles. The number of methoxy groups -OCH3 is 1. The Bertz CT molecular complexity index is 1110. The van der Waals surface area contributed by atoms with Gasteiger partial charge in [-0.15, -0.1) is 0 Å². The highest BCUT2D eigenvalue weighted by molar-refractivity contribution is 6.30. The second kappa shape index (κ2) is 7.98. The molecule has 142 valence electrons. The number of rotatable bonds is 6. The van der Waals surface area contributed by atoms with Gasteiger partial charge in [0.2, 0.25) is 5.88 Å². The van der Waals surface area contributed by atoms with Gasteiger partial charge in [0.15, 0.2) is 0 Å². The second-order valence-electron chi connectivity index (χ2n) is 6.86. The molecule has 4 aromatic rings. The number of fused-ring (bicyclic) bond motifs is 1. The van der Waals surface area contributed by atoms with Crippen molar-refractivity contribution in [3.8, 4) is 5.88 Å². The molecule has 0 aliphatic rings. The number of pyridine rings is 3. The fourth-order valence-electron chi connectivity index (χ4n) is 3.24. The first-order valence-electron chi connectivity index (χ1n) is 9.18. The van der Waals surface area contributed by atoms with Gasteiger partial charge in [-0.05, 0) is 54.2 Å². The number of aromatic amines is 1. The van der Waals surface area contributed by atoms with Crippen LogP contribution in [-0.2, 0) is 19.3 Å². The van der Waals surface area contributed by atoms with Crippen molar-refractivity contribution in [3.05, 3.63) is 82.0 Å². The summed E-state index contributed by atoms with van der Waals surface area (Å²) >= 11 is 6.48. The summed E-state index contributed by atoms with van der Waals surface area (Å²) in [6.45, 7) is 2.05. The Morgan fingerprint density at radius 1 is 1.04 bits per heavy atom. The van der Waals surface area contributed by atoms with Gasteiger partial charge in [-0.3, -0.25) is 0 Å². The van der Waals surface area contributed by atoms with Crippen molar-refractivity contribution in [1.82, 2.24) is 19.9 Å². The molecule has 5 nitrogen and oxygen atoms in total. The fourth-order valence-corrected chi connectivity index (χ4v) is 3.48. The van der Waals surface area contributed by atoms with E-state index in [-0.39, 0.29) is 0 Å². The normalized spacial score (nSPS) is 11.1. The average molecular weight is 393 g/mol. The van der Waals surface area contributed by atoms with E-state index in [1.54, 1.807) is 7.11 Å². The van der Waals surface area contributed by atoms with Crippen molar-refractivity contribution in [2.24, 2.45) is 0 Å². The van der Waals surface area contributed by atoms with Gasteiger partial charge in [0.25, 0.3) is 0 Å². The van der Waals surface area contributed by atoms with Gasteiger partial charge in [0.1, 0.15) is 10.8 Å². The Labute approximate surface area is 168 Å². The molecule has 28 heavy (non-hydrogen) atoms. The first-order valence-corrected chi connectivity index (χ1v) is 9.56. The highest BCUT2D eigenvalue weighted by Gasteiger charge is 2.10. The standard InChI is InChI=1S/C22H21ClN4O/c1-14-9-19-17(13-26-22(19)25-11-14)10-16-5-7-18(27-21(16)23)6-3-15-4-8-20(28-2)24-12-15/h4-5,7-9,11-13H,3,6,10H2,1-2H3,(H,25,26). The molecule has 0 radical (unpaired) electrons. The highest BCUT2D eigenvalue weighted by Crippen LogP contribution is 2.24. The summed E-state index contributed by atoms with van der Waals surface area (Å²) in [5.74, 6) is 0.622. The van der Waals surface area contributed by atoms with Crippen molar-refractivity contribution in [1.29, 1.82) is 0 Å². The van der Waals surface area contributed by atoms with E-state index in [0.717, 1.165) is 52.7 Å². The van der Waals surface area contributed by atoms with Gasteiger partial charge in [-0.2, -0.15) is 0 Å². The average Bonchev–Trinajstić information content (AvgIpc) is 3.10. The number of H-pyrrole nitrogens is 1. The van der Waals surface area contributed by atoms with Crippen molar-refractivity contribution in [3.63, 3.8) is 0 Å². The number of ether oxygens (including phenoxy) is 1. The van der Waals surface area contributed by atoms with Crippen LogP contribution in [0.25, 0.3) is 11.0 Å². The largest absolute Gasteiger partial charge is 0.481 e.